The van der Waals surface area contributed by atoms with Crippen molar-refractivity contribution in [2.75, 3.05) is 7.11 Å². The predicted molar refractivity (Wildman–Crippen MR) is 71.6 cm³/mol. The molecule has 0 aromatic heterocycles. The van der Waals surface area contributed by atoms with Gasteiger partial charge >= 0.3 is 0 Å². The van der Waals surface area contributed by atoms with E-state index >= 15 is 0 Å². The largest absolute Gasteiger partial charge is 0.277 e. The maximum Gasteiger partial charge on any atom is 0.275 e. The van der Waals surface area contributed by atoms with Crippen LogP contribution in [0.25, 0.3) is 0 Å². The molecule has 1 N–H and O–H groups in total. The SMILES string of the molecule is CCCc1ccc(C(=O)NOC)c2c1CCCC2. The van der Waals surface area contributed by atoms with Crippen molar-refractivity contribution in [3.63, 3.8) is 0 Å². The summed E-state index contributed by atoms with van der Waals surface area (Å²) in [4.78, 5) is 16.7. The zero-order chi connectivity index (χ0) is 13.0. The topological polar surface area (TPSA) is 38.3 Å². The molecule has 0 saturated heterocycles. The zero-order valence-corrected chi connectivity index (χ0v) is 11.2. The Labute approximate surface area is 108 Å². The third-order valence-electron chi connectivity index (χ3n) is 3.59. The summed E-state index contributed by atoms with van der Waals surface area (Å²) in [6.45, 7) is 2.20. The van der Waals surface area contributed by atoms with E-state index in [1.54, 1.807) is 0 Å². The van der Waals surface area contributed by atoms with Crippen molar-refractivity contribution in [2.24, 2.45) is 0 Å². The van der Waals surface area contributed by atoms with Gasteiger partial charge in [0.05, 0.1) is 7.11 Å². The molecule has 0 radical (unpaired) electrons. The van der Waals surface area contributed by atoms with Gasteiger partial charge in [-0.25, -0.2) is 5.48 Å². The molecule has 1 aromatic rings. The standard InChI is InChI=1S/C15H21NO2/c1-3-6-11-9-10-14(15(17)16-18-2)13-8-5-4-7-12(11)13/h9-10H,3-8H2,1-2H3,(H,16,17). The molecule has 0 aliphatic heterocycles. The van der Waals surface area contributed by atoms with Gasteiger partial charge in [-0.2, -0.15) is 0 Å². The van der Waals surface area contributed by atoms with E-state index in [1.807, 2.05) is 6.07 Å². The molecular formula is C15H21NO2. The van der Waals surface area contributed by atoms with Gasteiger partial charge in [0.15, 0.2) is 0 Å². The van der Waals surface area contributed by atoms with Crippen LogP contribution in [-0.2, 0) is 24.1 Å². The van der Waals surface area contributed by atoms with Gasteiger partial charge in [-0.05, 0) is 54.9 Å². The minimum Gasteiger partial charge on any atom is -0.277 e. The number of carbonyl (C=O) groups is 1. The summed E-state index contributed by atoms with van der Waals surface area (Å²) in [5, 5.41) is 0. The molecule has 1 aliphatic carbocycles. The van der Waals surface area contributed by atoms with Crippen LogP contribution in [0.15, 0.2) is 12.1 Å². The Morgan fingerprint density at radius 1 is 1.28 bits per heavy atom. The Kier molecular flexibility index (Phi) is 4.37. The van der Waals surface area contributed by atoms with Gasteiger partial charge in [0.25, 0.3) is 5.91 Å². The number of aryl methyl sites for hydroxylation is 1. The lowest BCUT2D eigenvalue weighted by Crippen LogP contribution is -2.24. The highest BCUT2D eigenvalue weighted by Crippen LogP contribution is 2.28. The van der Waals surface area contributed by atoms with Crippen molar-refractivity contribution in [1.29, 1.82) is 0 Å². The van der Waals surface area contributed by atoms with E-state index in [4.69, 9.17) is 4.84 Å². The Morgan fingerprint density at radius 3 is 2.67 bits per heavy atom. The first-order chi connectivity index (χ1) is 8.77. The number of hydroxylamine groups is 1. The van der Waals surface area contributed by atoms with E-state index in [9.17, 15) is 4.79 Å². The highest BCUT2D eigenvalue weighted by molar-refractivity contribution is 5.95. The summed E-state index contributed by atoms with van der Waals surface area (Å²) in [7, 11) is 1.47. The molecule has 3 heteroatoms. The van der Waals surface area contributed by atoms with Gasteiger partial charge in [0.1, 0.15) is 0 Å². The number of fused-ring (bicyclic) bond motifs is 1. The third-order valence-corrected chi connectivity index (χ3v) is 3.59. The number of nitrogens with one attached hydrogen (secondary N) is 1. The molecule has 0 unspecified atom stereocenters. The van der Waals surface area contributed by atoms with Crippen molar-refractivity contribution >= 4 is 5.91 Å². The van der Waals surface area contributed by atoms with E-state index in [1.165, 1.54) is 36.6 Å². The maximum atomic E-state index is 11.9. The van der Waals surface area contributed by atoms with Crippen LogP contribution in [0, 0.1) is 0 Å². The lowest BCUT2D eigenvalue weighted by molar-refractivity contribution is 0.0536. The van der Waals surface area contributed by atoms with Gasteiger partial charge in [0.2, 0.25) is 0 Å². The lowest BCUT2D eigenvalue weighted by Gasteiger charge is -2.22. The number of carbonyl (C=O) groups excluding carboxylic acids is 1. The van der Waals surface area contributed by atoms with Gasteiger partial charge in [-0.15, -0.1) is 0 Å². The summed E-state index contributed by atoms with van der Waals surface area (Å²) in [5.74, 6) is -0.126. The average Bonchev–Trinajstić information content (AvgIpc) is 2.39. The summed E-state index contributed by atoms with van der Waals surface area (Å²) < 4.78 is 0. The first-order valence-electron chi connectivity index (χ1n) is 6.74. The molecule has 0 fully saturated rings. The van der Waals surface area contributed by atoms with Crippen LogP contribution < -0.4 is 5.48 Å². The smallest absolute Gasteiger partial charge is 0.275 e. The van der Waals surface area contributed by atoms with E-state index in [0.29, 0.717) is 0 Å². The molecular weight excluding hydrogens is 226 g/mol. The fourth-order valence-electron chi connectivity index (χ4n) is 2.81. The molecule has 3 nitrogen and oxygen atoms in total. The highest BCUT2D eigenvalue weighted by atomic mass is 16.6. The molecule has 0 bridgehead atoms. The summed E-state index contributed by atoms with van der Waals surface area (Å²) in [5.41, 5.74) is 7.27. The Hall–Kier alpha value is -1.35. The maximum absolute atomic E-state index is 11.9. The first-order valence-corrected chi connectivity index (χ1v) is 6.74. The highest BCUT2D eigenvalue weighted by Gasteiger charge is 2.20. The van der Waals surface area contributed by atoms with E-state index in [0.717, 1.165) is 31.2 Å². The molecule has 1 amide bonds. The number of rotatable bonds is 4. The molecule has 18 heavy (non-hydrogen) atoms. The molecule has 98 valence electrons. The second kappa shape index (κ2) is 6.01. The van der Waals surface area contributed by atoms with Gasteiger partial charge in [-0.3, -0.25) is 9.63 Å². The fourth-order valence-corrected chi connectivity index (χ4v) is 2.81. The van der Waals surface area contributed by atoms with Crippen LogP contribution in [0.4, 0.5) is 0 Å². The molecule has 1 aromatic carbocycles. The monoisotopic (exact) mass is 247 g/mol. The first kappa shape index (κ1) is 13.1. The quantitative estimate of drug-likeness (QED) is 0.831. The van der Waals surface area contributed by atoms with Crippen LogP contribution in [0.1, 0.15) is 53.2 Å². The zero-order valence-electron chi connectivity index (χ0n) is 11.2. The molecule has 0 spiro atoms. The third kappa shape index (κ3) is 2.56. The van der Waals surface area contributed by atoms with Crippen LogP contribution >= 0.6 is 0 Å². The second-order valence-electron chi connectivity index (χ2n) is 4.82. The summed E-state index contributed by atoms with van der Waals surface area (Å²) in [6, 6.07) is 4.06. The van der Waals surface area contributed by atoms with Crippen LogP contribution in [0.2, 0.25) is 0 Å². The van der Waals surface area contributed by atoms with Crippen molar-refractivity contribution in [1.82, 2.24) is 5.48 Å². The van der Waals surface area contributed by atoms with Gasteiger partial charge < -0.3 is 0 Å². The molecule has 1 aliphatic rings. The van der Waals surface area contributed by atoms with E-state index < -0.39 is 0 Å². The fraction of sp³-hybridized carbons (Fsp3) is 0.533. The number of hydrogen-bond acceptors (Lipinski definition) is 2. The second-order valence-corrected chi connectivity index (χ2v) is 4.82. The molecule has 0 saturated carbocycles. The molecule has 0 atom stereocenters. The Bertz CT molecular complexity index is 440. The summed E-state index contributed by atoms with van der Waals surface area (Å²) in [6.07, 6.45) is 6.79. The van der Waals surface area contributed by atoms with Crippen molar-refractivity contribution < 1.29 is 9.63 Å². The number of amides is 1. The van der Waals surface area contributed by atoms with Gasteiger partial charge in [-0.1, -0.05) is 19.4 Å². The Balaban J connectivity index is 2.40. The normalized spacial score (nSPS) is 14.1. The minimum atomic E-state index is -0.126. The van der Waals surface area contributed by atoms with Crippen molar-refractivity contribution in [3.8, 4) is 0 Å². The molecule has 2 rings (SSSR count). The van der Waals surface area contributed by atoms with Gasteiger partial charge in [0, 0.05) is 5.56 Å². The van der Waals surface area contributed by atoms with E-state index in [-0.39, 0.29) is 5.91 Å². The van der Waals surface area contributed by atoms with Crippen molar-refractivity contribution in [3.05, 3.63) is 34.4 Å². The van der Waals surface area contributed by atoms with Crippen LogP contribution in [0.3, 0.4) is 0 Å². The minimum absolute atomic E-state index is 0.126. The Morgan fingerprint density at radius 2 is 2.00 bits per heavy atom. The average molecular weight is 247 g/mol. The predicted octanol–water partition coefficient (Wildman–Crippen LogP) is 2.81. The number of hydrogen-bond donors (Lipinski definition) is 1. The summed E-state index contributed by atoms with van der Waals surface area (Å²) >= 11 is 0. The van der Waals surface area contributed by atoms with Crippen LogP contribution in [-0.4, -0.2) is 13.0 Å². The van der Waals surface area contributed by atoms with Crippen molar-refractivity contribution in [2.45, 2.75) is 45.4 Å². The van der Waals surface area contributed by atoms with Crippen LogP contribution in [0.5, 0.6) is 0 Å². The van der Waals surface area contributed by atoms with E-state index in [2.05, 4.69) is 18.5 Å². The molecule has 0 heterocycles. The lowest BCUT2D eigenvalue weighted by atomic mass is 9.84. The number of benzene rings is 1.